The van der Waals surface area contributed by atoms with Crippen LogP contribution in [0.3, 0.4) is 0 Å². The third-order valence-corrected chi connectivity index (χ3v) is 2.73. The highest BCUT2D eigenvalue weighted by molar-refractivity contribution is 5.99. The minimum Gasteiger partial charge on any atom is -0.383 e. The molecule has 2 rings (SSSR count). The molecule has 3 N–H and O–H groups in total. The maximum Gasteiger partial charge on any atom is 0.254 e. The molecule has 0 bridgehead atoms. The minimum absolute atomic E-state index is 0.205. The van der Waals surface area contributed by atoms with E-state index in [0.29, 0.717) is 17.1 Å². The average molecular weight is 275 g/mol. The van der Waals surface area contributed by atoms with Crippen LogP contribution in [0.15, 0.2) is 18.5 Å². The van der Waals surface area contributed by atoms with Crippen molar-refractivity contribution >= 4 is 11.6 Å². The summed E-state index contributed by atoms with van der Waals surface area (Å²) in [7, 11) is 0. The lowest BCUT2D eigenvalue weighted by Gasteiger charge is -2.13. The topological polar surface area (TPSA) is 108 Å². The van der Waals surface area contributed by atoms with Crippen molar-refractivity contribution in [3.8, 4) is 0 Å². The molecule has 0 radical (unpaired) electrons. The lowest BCUT2D eigenvalue weighted by Crippen LogP contribution is -2.28. The number of H-pyrrole nitrogens is 1. The van der Waals surface area contributed by atoms with Crippen molar-refractivity contribution in [1.82, 2.24) is 30.9 Å². The number of amides is 1. The molecule has 0 aliphatic carbocycles. The fourth-order valence-corrected chi connectivity index (χ4v) is 1.68. The number of carbonyl (C=O) groups is 1. The summed E-state index contributed by atoms with van der Waals surface area (Å²) in [6.45, 7) is 4.64. The van der Waals surface area contributed by atoms with Crippen molar-refractivity contribution in [3.05, 3.63) is 29.8 Å². The zero-order valence-corrected chi connectivity index (χ0v) is 11.4. The molecular formula is C12H17N7O. The van der Waals surface area contributed by atoms with Gasteiger partial charge in [0.2, 0.25) is 0 Å². The highest BCUT2D eigenvalue weighted by Crippen LogP contribution is 2.15. The standard InChI is InChI=1S/C12H17N7O/c1-3-5-14-10-7-13-6-4-9(10)12(20)15-8(2)11-16-18-19-17-11/h4,6-8,14H,3,5H2,1-2H3,(H,15,20)(H,16,17,18,19). The summed E-state index contributed by atoms with van der Waals surface area (Å²) in [5.41, 5.74) is 1.26. The molecule has 0 fully saturated rings. The van der Waals surface area contributed by atoms with Crippen LogP contribution in [0.2, 0.25) is 0 Å². The van der Waals surface area contributed by atoms with Crippen molar-refractivity contribution < 1.29 is 4.79 Å². The van der Waals surface area contributed by atoms with Gasteiger partial charge in [0.05, 0.1) is 23.5 Å². The number of nitrogens with zero attached hydrogens (tertiary/aromatic N) is 4. The molecule has 106 valence electrons. The summed E-state index contributed by atoms with van der Waals surface area (Å²) in [6.07, 6.45) is 4.20. The van der Waals surface area contributed by atoms with Gasteiger partial charge in [-0.05, 0) is 19.4 Å². The van der Waals surface area contributed by atoms with E-state index in [1.165, 1.54) is 0 Å². The second-order valence-electron chi connectivity index (χ2n) is 4.31. The lowest BCUT2D eigenvalue weighted by atomic mass is 10.2. The van der Waals surface area contributed by atoms with Gasteiger partial charge in [0.25, 0.3) is 5.91 Å². The first-order valence-corrected chi connectivity index (χ1v) is 6.44. The molecule has 0 spiro atoms. The van der Waals surface area contributed by atoms with Crippen LogP contribution < -0.4 is 10.6 Å². The lowest BCUT2D eigenvalue weighted by molar-refractivity contribution is 0.0939. The first kappa shape index (κ1) is 13.9. The SMILES string of the molecule is CCCNc1cnccc1C(=O)NC(C)c1nn[nH]n1. The Bertz CT molecular complexity index is 555. The highest BCUT2D eigenvalue weighted by atomic mass is 16.1. The van der Waals surface area contributed by atoms with E-state index in [-0.39, 0.29) is 11.9 Å². The van der Waals surface area contributed by atoms with Gasteiger partial charge in [0.1, 0.15) is 0 Å². The van der Waals surface area contributed by atoms with Gasteiger partial charge < -0.3 is 10.6 Å². The predicted molar refractivity (Wildman–Crippen MR) is 73.1 cm³/mol. The molecule has 0 saturated heterocycles. The largest absolute Gasteiger partial charge is 0.383 e. The normalized spacial score (nSPS) is 11.9. The van der Waals surface area contributed by atoms with E-state index in [0.717, 1.165) is 13.0 Å². The Kier molecular flexibility index (Phi) is 4.59. The number of tetrazole rings is 1. The summed E-state index contributed by atoms with van der Waals surface area (Å²) in [5.74, 6) is 0.235. The van der Waals surface area contributed by atoms with Crippen molar-refractivity contribution in [2.45, 2.75) is 26.3 Å². The molecular weight excluding hydrogens is 258 g/mol. The van der Waals surface area contributed by atoms with Crippen LogP contribution in [-0.4, -0.2) is 38.1 Å². The summed E-state index contributed by atoms with van der Waals surface area (Å²) in [6, 6.07) is 1.35. The molecule has 2 aromatic rings. The fraction of sp³-hybridized carbons (Fsp3) is 0.417. The molecule has 1 atom stereocenters. The Labute approximate surface area is 116 Å². The van der Waals surface area contributed by atoms with E-state index in [1.54, 1.807) is 25.4 Å². The van der Waals surface area contributed by atoms with Gasteiger partial charge in [-0.15, -0.1) is 10.2 Å². The number of rotatable bonds is 6. The van der Waals surface area contributed by atoms with Crippen molar-refractivity contribution in [3.63, 3.8) is 0 Å². The zero-order valence-electron chi connectivity index (χ0n) is 11.4. The molecule has 1 amide bonds. The molecule has 2 aromatic heterocycles. The minimum atomic E-state index is -0.326. The van der Waals surface area contributed by atoms with Gasteiger partial charge in [-0.25, -0.2) is 0 Å². The summed E-state index contributed by atoms with van der Waals surface area (Å²) in [4.78, 5) is 16.3. The quantitative estimate of drug-likeness (QED) is 0.723. The van der Waals surface area contributed by atoms with Crippen molar-refractivity contribution in [2.75, 3.05) is 11.9 Å². The number of carbonyl (C=O) groups excluding carboxylic acids is 1. The molecule has 0 aromatic carbocycles. The molecule has 0 aliphatic heterocycles. The zero-order chi connectivity index (χ0) is 14.4. The van der Waals surface area contributed by atoms with Crippen molar-refractivity contribution in [1.29, 1.82) is 0 Å². The number of nitrogens with one attached hydrogen (secondary N) is 3. The Balaban J connectivity index is 2.09. The van der Waals surface area contributed by atoms with E-state index in [2.05, 4.69) is 43.2 Å². The third kappa shape index (κ3) is 3.28. The Morgan fingerprint density at radius 2 is 2.35 bits per heavy atom. The monoisotopic (exact) mass is 275 g/mol. The van der Waals surface area contributed by atoms with Crippen LogP contribution in [-0.2, 0) is 0 Å². The molecule has 0 aliphatic rings. The maximum atomic E-state index is 12.3. The summed E-state index contributed by atoms with van der Waals surface area (Å²) in [5, 5.41) is 19.5. The summed E-state index contributed by atoms with van der Waals surface area (Å²) >= 11 is 0. The number of aromatic amines is 1. The maximum absolute atomic E-state index is 12.3. The molecule has 8 nitrogen and oxygen atoms in total. The Morgan fingerprint density at radius 1 is 1.50 bits per heavy atom. The molecule has 0 saturated carbocycles. The van der Waals surface area contributed by atoms with Gasteiger partial charge in [0.15, 0.2) is 5.82 Å². The highest BCUT2D eigenvalue weighted by Gasteiger charge is 2.17. The summed E-state index contributed by atoms with van der Waals surface area (Å²) < 4.78 is 0. The van der Waals surface area contributed by atoms with Gasteiger partial charge in [-0.1, -0.05) is 12.1 Å². The second-order valence-corrected chi connectivity index (χ2v) is 4.31. The predicted octanol–water partition coefficient (Wildman–Crippen LogP) is 0.908. The van der Waals surface area contributed by atoms with E-state index >= 15 is 0 Å². The van der Waals surface area contributed by atoms with Gasteiger partial charge in [-0.2, -0.15) is 5.21 Å². The van der Waals surface area contributed by atoms with Crippen LogP contribution >= 0.6 is 0 Å². The molecule has 20 heavy (non-hydrogen) atoms. The van der Waals surface area contributed by atoms with Crippen molar-refractivity contribution in [2.24, 2.45) is 0 Å². The first-order chi connectivity index (χ1) is 9.72. The Hall–Kier alpha value is -2.51. The molecule has 8 heteroatoms. The van der Waals surface area contributed by atoms with Crippen LogP contribution in [0.4, 0.5) is 5.69 Å². The van der Waals surface area contributed by atoms with E-state index in [4.69, 9.17) is 0 Å². The van der Waals surface area contributed by atoms with Gasteiger partial charge >= 0.3 is 0 Å². The number of anilines is 1. The fourth-order valence-electron chi connectivity index (χ4n) is 1.68. The number of pyridine rings is 1. The van der Waals surface area contributed by atoms with E-state index in [1.807, 2.05) is 0 Å². The van der Waals surface area contributed by atoms with Gasteiger partial charge in [-0.3, -0.25) is 9.78 Å². The second kappa shape index (κ2) is 6.60. The number of hydrogen-bond acceptors (Lipinski definition) is 6. The number of hydrogen-bond donors (Lipinski definition) is 3. The number of aromatic nitrogens is 5. The van der Waals surface area contributed by atoms with Crippen LogP contribution in [0.25, 0.3) is 0 Å². The first-order valence-electron chi connectivity index (χ1n) is 6.44. The van der Waals surface area contributed by atoms with Crippen LogP contribution in [0.5, 0.6) is 0 Å². The smallest absolute Gasteiger partial charge is 0.254 e. The van der Waals surface area contributed by atoms with Gasteiger partial charge in [0, 0.05) is 12.7 Å². The van der Waals surface area contributed by atoms with E-state index < -0.39 is 0 Å². The van der Waals surface area contributed by atoms with E-state index in [9.17, 15) is 4.79 Å². The van der Waals surface area contributed by atoms with Crippen LogP contribution in [0.1, 0.15) is 42.5 Å². The third-order valence-electron chi connectivity index (χ3n) is 2.73. The van der Waals surface area contributed by atoms with Crippen LogP contribution in [0, 0.1) is 0 Å². The average Bonchev–Trinajstić information content (AvgIpc) is 2.99. The molecule has 2 heterocycles. The molecule has 1 unspecified atom stereocenters. The Morgan fingerprint density at radius 3 is 3.05 bits per heavy atom.